The number of anilines is 1. The molecule has 3 rings (SSSR count). The summed E-state index contributed by atoms with van der Waals surface area (Å²) in [6, 6.07) is 13.6. The first kappa shape index (κ1) is 14.1. The van der Waals surface area contributed by atoms with E-state index >= 15 is 0 Å². The van der Waals surface area contributed by atoms with Crippen molar-refractivity contribution in [2.24, 2.45) is 0 Å². The van der Waals surface area contributed by atoms with Crippen molar-refractivity contribution >= 4 is 15.5 Å². The molecule has 1 aliphatic heterocycles. The Morgan fingerprint density at radius 3 is 2.62 bits per heavy atom. The van der Waals surface area contributed by atoms with E-state index in [4.69, 9.17) is 0 Å². The van der Waals surface area contributed by atoms with E-state index in [0.29, 0.717) is 11.3 Å². The molecular formula is C17H19NO2S. The monoisotopic (exact) mass is 301 g/mol. The van der Waals surface area contributed by atoms with Gasteiger partial charge in [0.1, 0.15) is 0 Å². The van der Waals surface area contributed by atoms with Crippen molar-refractivity contribution in [3.8, 4) is 0 Å². The molecule has 0 fully saturated rings. The van der Waals surface area contributed by atoms with E-state index in [1.54, 1.807) is 12.1 Å². The number of hydrogen-bond acceptors (Lipinski definition) is 3. The Morgan fingerprint density at radius 1 is 1.10 bits per heavy atom. The molecule has 4 heteroatoms. The quantitative estimate of drug-likeness (QED) is 0.921. The van der Waals surface area contributed by atoms with Gasteiger partial charge >= 0.3 is 0 Å². The van der Waals surface area contributed by atoms with Gasteiger partial charge in [-0.05, 0) is 43.5 Å². The summed E-state index contributed by atoms with van der Waals surface area (Å²) in [4.78, 5) is 0.471. The van der Waals surface area contributed by atoms with Crippen molar-refractivity contribution in [2.75, 3.05) is 11.1 Å². The molecule has 1 unspecified atom stereocenters. The van der Waals surface area contributed by atoms with Crippen LogP contribution < -0.4 is 5.32 Å². The maximum absolute atomic E-state index is 12.2. The van der Waals surface area contributed by atoms with E-state index in [9.17, 15) is 8.42 Å². The highest BCUT2D eigenvalue weighted by Gasteiger charge is 2.29. The zero-order chi connectivity index (χ0) is 15.0. The van der Waals surface area contributed by atoms with Gasteiger partial charge in [0.25, 0.3) is 0 Å². The number of rotatable bonds is 2. The van der Waals surface area contributed by atoms with E-state index in [2.05, 4.69) is 37.4 Å². The lowest BCUT2D eigenvalue weighted by Gasteiger charge is -2.27. The van der Waals surface area contributed by atoms with Crippen LogP contribution in [0.3, 0.4) is 0 Å². The molecule has 0 bridgehead atoms. The van der Waals surface area contributed by atoms with Gasteiger partial charge in [0.15, 0.2) is 9.84 Å². The van der Waals surface area contributed by atoms with Crippen LogP contribution in [0, 0.1) is 13.8 Å². The van der Waals surface area contributed by atoms with Crippen LogP contribution in [-0.2, 0) is 9.84 Å². The lowest BCUT2D eigenvalue weighted by Crippen LogP contribution is -2.24. The van der Waals surface area contributed by atoms with E-state index < -0.39 is 9.84 Å². The summed E-state index contributed by atoms with van der Waals surface area (Å²) in [6.07, 6.45) is 0.604. The fourth-order valence-corrected chi connectivity index (χ4v) is 4.52. The Bertz CT molecular complexity index is 781. The van der Waals surface area contributed by atoms with Crippen molar-refractivity contribution in [2.45, 2.75) is 31.2 Å². The molecule has 21 heavy (non-hydrogen) atoms. The Morgan fingerprint density at radius 2 is 1.86 bits per heavy atom. The molecule has 110 valence electrons. The predicted molar refractivity (Wildman–Crippen MR) is 85.4 cm³/mol. The lowest BCUT2D eigenvalue weighted by atomic mass is 10.0. The Hall–Kier alpha value is -1.81. The van der Waals surface area contributed by atoms with Crippen molar-refractivity contribution in [1.82, 2.24) is 0 Å². The summed E-state index contributed by atoms with van der Waals surface area (Å²) in [5.41, 5.74) is 4.36. The summed E-state index contributed by atoms with van der Waals surface area (Å²) in [5.74, 6) is 0.201. The number of hydrogen-bond donors (Lipinski definition) is 1. The van der Waals surface area contributed by atoms with Crippen LogP contribution in [0.1, 0.15) is 29.2 Å². The highest BCUT2D eigenvalue weighted by molar-refractivity contribution is 7.91. The molecule has 0 saturated heterocycles. The van der Waals surface area contributed by atoms with Crippen LogP contribution in [0.4, 0.5) is 5.69 Å². The van der Waals surface area contributed by atoms with Crippen molar-refractivity contribution in [3.63, 3.8) is 0 Å². The number of fused-ring (bicyclic) bond motifs is 1. The van der Waals surface area contributed by atoms with Gasteiger partial charge in [-0.2, -0.15) is 0 Å². The third kappa shape index (κ3) is 2.68. The molecule has 2 aromatic rings. The van der Waals surface area contributed by atoms with Crippen molar-refractivity contribution in [3.05, 3.63) is 59.2 Å². The molecule has 1 atom stereocenters. The molecule has 0 saturated carbocycles. The molecule has 0 radical (unpaired) electrons. The number of benzene rings is 2. The summed E-state index contributed by atoms with van der Waals surface area (Å²) in [7, 11) is -3.12. The van der Waals surface area contributed by atoms with E-state index in [-0.39, 0.29) is 11.8 Å². The average Bonchev–Trinajstić information content (AvgIpc) is 2.45. The SMILES string of the molecule is Cc1ccc(NC2CCS(=O)(=O)c3ccccc32)c(C)c1. The molecule has 0 amide bonds. The van der Waals surface area contributed by atoms with Gasteiger partial charge in [0.2, 0.25) is 0 Å². The van der Waals surface area contributed by atoms with Gasteiger partial charge in [-0.15, -0.1) is 0 Å². The second kappa shape index (κ2) is 5.19. The number of nitrogens with one attached hydrogen (secondary N) is 1. The molecule has 1 heterocycles. The van der Waals surface area contributed by atoms with Crippen LogP contribution >= 0.6 is 0 Å². The predicted octanol–water partition coefficient (Wildman–Crippen LogP) is 3.63. The molecule has 0 aliphatic carbocycles. The Labute approximate surface area is 125 Å². The summed E-state index contributed by atoms with van der Waals surface area (Å²) in [5, 5.41) is 3.51. The topological polar surface area (TPSA) is 46.2 Å². The zero-order valence-corrected chi connectivity index (χ0v) is 13.1. The first-order valence-electron chi connectivity index (χ1n) is 7.13. The number of aryl methyl sites for hydroxylation is 2. The first-order chi connectivity index (χ1) is 9.97. The second-order valence-corrected chi connectivity index (χ2v) is 7.74. The van der Waals surface area contributed by atoms with Crippen LogP contribution in [0.5, 0.6) is 0 Å². The molecule has 0 aromatic heterocycles. The summed E-state index contributed by atoms with van der Waals surface area (Å²) < 4.78 is 24.3. The fraction of sp³-hybridized carbons (Fsp3) is 0.294. The Balaban J connectivity index is 1.97. The first-order valence-corrected chi connectivity index (χ1v) is 8.78. The summed E-state index contributed by atoms with van der Waals surface area (Å²) in [6.45, 7) is 4.14. The molecule has 3 nitrogen and oxygen atoms in total. The average molecular weight is 301 g/mol. The minimum atomic E-state index is -3.12. The fourth-order valence-electron chi connectivity index (χ4n) is 2.90. The largest absolute Gasteiger partial charge is 0.378 e. The second-order valence-electron chi connectivity index (χ2n) is 5.66. The maximum atomic E-state index is 12.2. The highest BCUT2D eigenvalue weighted by Crippen LogP contribution is 2.34. The normalized spacial score (nSPS) is 19.8. The van der Waals surface area contributed by atoms with E-state index in [1.807, 2.05) is 12.1 Å². The molecule has 0 spiro atoms. The van der Waals surface area contributed by atoms with Gasteiger partial charge in [0.05, 0.1) is 16.7 Å². The third-order valence-corrected chi connectivity index (χ3v) is 5.83. The molecule has 1 N–H and O–H groups in total. The van der Waals surface area contributed by atoms with E-state index in [1.165, 1.54) is 11.1 Å². The van der Waals surface area contributed by atoms with Crippen LogP contribution in [0.2, 0.25) is 0 Å². The molecular weight excluding hydrogens is 282 g/mol. The van der Waals surface area contributed by atoms with Crippen LogP contribution in [0.25, 0.3) is 0 Å². The molecule has 1 aliphatic rings. The minimum absolute atomic E-state index is 0.0473. The van der Waals surface area contributed by atoms with Crippen molar-refractivity contribution in [1.29, 1.82) is 0 Å². The standard InChI is InChI=1S/C17H19NO2S/c1-12-7-8-15(13(2)11-12)18-16-9-10-21(19,20)17-6-4-3-5-14(16)17/h3-8,11,16,18H,9-10H2,1-2H3. The van der Waals surface area contributed by atoms with Gasteiger partial charge in [0, 0.05) is 5.69 Å². The lowest BCUT2D eigenvalue weighted by molar-refractivity contribution is 0.576. The van der Waals surface area contributed by atoms with Crippen LogP contribution in [0.15, 0.2) is 47.4 Å². The number of sulfone groups is 1. The molecule has 2 aromatic carbocycles. The highest BCUT2D eigenvalue weighted by atomic mass is 32.2. The summed E-state index contributed by atoms with van der Waals surface area (Å²) >= 11 is 0. The van der Waals surface area contributed by atoms with Crippen LogP contribution in [-0.4, -0.2) is 14.2 Å². The van der Waals surface area contributed by atoms with E-state index in [0.717, 1.165) is 11.3 Å². The van der Waals surface area contributed by atoms with Gasteiger partial charge < -0.3 is 5.32 Å². The maximum Gasteiger partial charge on any atom is 0.178 e. The van der Waals surface area contributed by atoms with Crippen molar-refractivity contribution < 1.29 is 8.42 Å². The third-order valence-electron chi connectivity index (χ3n) is 4.02. The Kier molecular flexibility index (Phi) is 3.49. The smallest absolute Gasteiger partial charge is 0.178 e. The minimum Gasteiger partial charge on any atom is -0.378 e. The van der Waals surface area contributed by atoms with Gasteiger partial charge in [-0.3, -0.25) is 0 Å². The zero-order valence-electron chi connectivity index (χ0n) is 12.3. The van der Waals surface area contributed by atoms with Gasteiger partial charge in [-0.1, -0.05) is 35.9 Å². The van der Waals surface area contributed by atoms with Gasteiger partial charge in [-0.25, -0.2) is 8.42 Å².